The van der Waals surface area contributed by atoms with E-state index in [9.17, 15) is 15.0 Å². The van der Waals surface area contributed by atoms with Crippen molar-refractivity contribution in [2.24, 2.45) is 11.8 Å². The summed E-state index contributed by atoms with van der Waals surface area (Å²) in [6.45, 7) is 2.67. The molecule has 1 aliphatic heterocycles. The molecule has 2 heterocycles. The molecule has 1 saturated heterocycles. The number of aliphatic carboxylic acids is 1. The van der Waals surface area contributed by atoms with E-state index in [2.05, 4.69) is 16.0 Å². The van der Waals surface area contributed by atoms with Crippen LogP contribution in [0.4, 0.5) is 0 Å². The molecule has 0 radical (unpaired) electrons. The SMILES string of the molecule is COc1ccc2nccc(C(O)CC[C@@H]3CCN(CCCc4ccccc4Cl)C[C@@H]3CC(=O)O)c2c1. The fourth-order valence-corrected chi connectivity index (χ4v) is 5.71. The second kappa shape index (κ2) is 12.5. The summed E-state index contributed by atoms with van der Waals surface area (Å²) < 4.78 is 5.36. The molecule has 4 rings (SSSR count). The van der Waals surface area contributed by atoms with Gasteiger partial charge < -0.3 is 19.8 Å². The molecule has 1 aromatic heterocycles. The Bertz CT molecular complexity index is 1170. The smallest absolute Gasteiger partial charge is 0.303 e. The summed E-state index contributed by atoms with van der Waals surface area (Å²) in [5.74, 6) is 0.333. The second-order valence-corrected chi connectivity index (χ2v) is 10.2. The molecular formula is C29H35ClN2O4. The number of benzene rings is 2. The van der Waals surface area contributed by atoms with Crippen molar-refractivity contribution in [2.75, 3.05) is 26.7 Å². The Hall–Kier alpha value is -2.67. The molecule has 1 unspecified atom stereocenters. The topological polar surface area (TPSA) is 82.9 Å². The first kappa shape index (κ1) is 26.4. The summed E-state index contributed by atoms with van der Waals surface area (Å²) in [5.41, 5.74) is 2.82. The predicted octanol–water partition coefficient (Wildman–Crippen LogP) is 5.76. The fourth-order valence-electron chi connectivity index (χ4n) is 5.48. The van der Waals surface area contributed by atoms with Gasteiger partial charge in [-0.2, -0.15) is 0 Å². The molecule has 2 aromatic carbocycles. The van der Waals surface area contributed by atoms with E-state index >= 15 is 0 Å². The van der Waals surface area contributed by atoms with Crippen LogP contribution in [0.3, 0.4) is 0 Å². The van der Waals surface area contributed by atoms with Crippen LogP contribution in [-0.2, 0) is 11.2 Å². The minimum atomic E-state index is -0.754. The molecule has 2 N–H and O–H groups in total. The Morgan fingerprint density at radius 3 is 2.83 bits per heavy atom. The van der Waals surface area contributed by atoms with Crippen molar-refractivity contribution in [3.63, 3.8) is 0 Å². The number of aromatic nitrogens is 1. The van der Waals surface area contributed by atoms with E-state index in [4.69, 9.17) is 16.3 Å². The zero-order valence-corrected chi connectivity index (χ0v) is 21.5. The van der Waals surface area contributed by atoms with Crippen LogP contribution >= 0.6 is 11.6 Å². The molecule has 0 bridgehead atoms. The Balaban J connectivity index is 1.35. The largest absolute Gasteiger partial charge is 0.497 e. The Morgan fingerprint density at radius 2 is 2.06 bits per heavy atom. The lowest BCUT2D eigenvalue weighted by Crippen LogP contribution is -2.42. The number of hydrogen-bond donors (Lipinski definition) is 2. The molecule has 6 nitrogen and oxygen atoms in total. The number of aliphatic hydroxyl groups is 1. The number of piperidine rings is 1. The molecule has 0 spiro atoms. The van der Waals surface area contributed by atoms with E-state index in [-0.39, 0.29) is 18.3 Å². The summed E-state index contributed by atoms with van der Waals surface area (Å²) >= 11 is 6.29. The molecule has 0 amide bonds. The van der Waals surface area contributed by atoms with E-state index < -0.39 is 12.1 Å². The lowest BCUT2D eigenvalue weighted by molar-refractivity contribution is -0.139. The molecule has 3 aromatic rings. The van der Waals surface area contributed by atoms with E-state index in [1.807, 2.05) is 42.5 Å². The normalized spacial score (nSPS) is 19.3. The maximum atomic E-state index is 11.6. The standard InChI is InChI=1S/C29H35ClN2O4/c1-36-23-9-10-27-25(18-23)24(12-14-31-27)28(33)11-8-20-13-16-32(19-22(20)17-29(34)35)15-4-6-21-5-2-3-7-26(21)30/h2-3,5,7,9-10,12,14,18,20,22,28,33H,4,6,8,11,13,15-17,19H2,1H3,(H,34,35)/t20-,22+,28?/m1/s1. The van der Waals surface area contributed by atoms with E-state index in [0.717, 1.165) is 78.1 Å². The van der Waals surface area contributed by atoms with Gasteiger partial charge in [0.25, 0.3) is 0 Å². The summed E-state index contributed by atoms with van der Waals surface area (Å²) in [4.78, 5) is 18.4. The highest BCUT2D eigenvalue weighted by Crippen LogP contribution is 2.35. The van der Waals surface area contributed by atoms with E-state index in [1.54, 1.807) is 13.3 Å². The molecule has 7 heteroatoms. The molecule has 36 heavy (non-hydrogen) atoms. The highest BCUT2D eigenvalue weighted by molar-refractivity contribution is 6.31. The highest BCUT2D eigenvalue weighted by Gasteiger charge is 2.31. The van der Waals surface area contributed by atoms with Gasteiger partial charge in [-0.3, -0.25) is 9.78 Å². The van der Waals surface area contributed by atoms with Gasteiger partial charge in [0.2, 0.25) is 0 Å². The first-order chi connectivity index (χ1) is 17.4. The van der Waals surface area contributed by atoms with Gasteiger partial charge in [0.15, 0.2) is 0 Å². The maximum Gasteiger partial charge on any atom is 0.303 e. The van der Waals surface area contributed by atoms with Crippen molar-refractivity contribution in [1.29, 1.82) is 0 Å². The number of carboxylic acid groups (broad SMARTS) is 1. The Morgan fingerprint density at radius 1 is 1.22 bits per heavy atom. The third kappa shape index (κ3) is 6.75. The quantitative estimate of drug-likeness (QED) is 0.341. The molecule has 0 aliphatic carbocycles. The summed E-state index contributed by atoms with van der Waals surface area (Å²) in [7, 11) is 1.62. The van der Waals surface area contributed by atoms with Gasteiger partial charge in [0.05, 0.1) is 18.7 Å². The molecule has 0 saturated carbocycles. The van der Waals surface area contributed by atoms with Crippen LogP contribution in [-0.4, -0.2) is 52.8 Å². The Kier molecular flexibility index (Phi) is 9.19. The minimum absolute atomic E-state index is 0.0815. The fraction of sp³-hybridized carbons (Fsp3) is 0.448. The van der Waals surface area contributed by atoms with Crippen molar-refractivity contribution < 1.29 is 19.7 Å². The van der Waals surface area contributed by atoms with Crippen LogP contribution in [0.2, 0.25) is 5.02 Å². The third-order valence-electron chi connectivity index (χ3n) is 7.44. The monoisotopic (exact) mass is 510 g/mol. The zero-order chi connectivity index (χ0) is 25.5. The van der Waals surface area contributed by atoms with Gasteiger partial charge in [-0.25, -0.2) is 0 Å². The van der Waals surface area contributed by atoms with Gasteiger partial charge in [-0.15, -0.1) is 0 Å². The van der Waals surface area contributed by atoms with Crippen LogP contribution < -0.4 is 4.74 Å². The van der Waals surface area contributed by atoms with Gasteiger partial charge >= 0.3 is 5.97 Å². The second-order valence-electron chi connectivity index (χ2n) is 9.78. The maximum absolute atomic E-state index is 11.6. The number of methoxy groups -OCH3 is 1. The number of carboxylic acids is 1. The first-order valence-corrected chi connectivity index (χ1v) is 13.1. The molecular weight excluding hydrogens is 476 g/mol. The van der Waals surface area contributed by atoms with Crippen molar-refractivity contribution in [2.45, 2.75) is 44.6 Å². The average Bonchev–Trinajstić information content (AvgIpc) is 2.88. The lowest BCUT2D eigenvalue weighted by Gasteiger charge is -2.38. The molecule has 192 valence electrons. The van der Waals surface area contributed by atoms with Gasteiger partial charge in [0, 0.05) is 29.6 Å². The molecule has 3 atom stereocenters. The number of fused-ring (bicyclic) bond motifs is 1. The molecule has 1 aliphatic rings. The number of halogens is 1. The number of ether oxygens (including phenoxy) is 1. The molecule has 1 fully saturated rings. The van der Waals surface area contributed by atoms with Gasteiger partial charge in [-0.05, 0) is 98.5 Å². The number of aliphatic hydroxyl groups excluding tert-OH is 1. The third-order valence-corrected chi connectivity index (χ3v) is 7.81. The number of hydrogen-bond acceptors (Lipinski definition) is 5. The predicted molar refractivity (Wildman–Crippen MR) is 143 cm³/mol. The summed E-state index contributed by atoms with van der Waals surface area (Å²) in [5, 5.41) is 22.3. The Labute approximate surface area is 217 Å². The van der Waals surface area contributed by atoms with Crippen LogP contribution in [0.15, 0.2) is 54.7 Å². The number of carbonyl (C=O) groups is 1. The van der Waals surface area contributed by atoms with Crippen LogP contribution in [0, 0.1) is 11.8 Å². The van der Waals surface area contributed by atoms with Crippen molar-refractivity contribution in [3.05, 3.63) is 70.9 Å². The van der Waals surface area contributed by atoms with Gasteiger partial charge in [0.1, 0.15) is 5.75 Å². The number of rotatable bonds is 11. The van der Waals surface area contributed by atoms with Gasteiger partial charge in [-0.1, -0.05) is 29.8 Å². The highest BCUT2D eigenvalue weighted by atomic mass is 35.5. The van der Waals surface area contributed by atoms with Crippen molar-refractivity contribution in [1.82, 2.24) is 9.88 Å². The zero-order valence-electron chi connectivity index (χ0n) is 20.8. The summed E-state index contributed by atoms with van der Waals surface area (Å²) in [6.07, 6.45) is 5.48. The number of nitrogens with zero attached hydrogens (tertiary/aromatic N) is 2. The number of likely N-dealkylation sites (tertiary alicyclic amines) is 1. The number of aryl methyl sites for hydroxylation is 1. The first-order valence-electron chi connectivity index (χ1n) is 12.7. The lowest BCUT2D eigenvalue weighted by atomic mass is 9.79. The van der Waals surface area contributed by atoms with Crippen LogP contribution in [0.25, 0.3) is 10.9 Å². The minimum Gasteiger partial charge on any atom is -0.497 e. The van der Waals surface area contributed by atoms with E-state index in [1.165, 1.54) is 0 Å². The van der Waals surface area contributed by atoms with Crippen molar-refractivity contribution >= 4 is 28.5 Å². The van der Waals surface area contributed by atoms with Crippen LogP contribution in [0.1, 0.15) is 49.3 Å². The average molecular weight is 511 g/mol. The summed E-state index contributed by atoms with van der Waals surface area (Å²) in [6, 6.07) is 15.5. The van der Waals surface area contributed by atoms with Crippen molar-refractivity contribution in [3.8, 4) is 5.75 Å². The van der Waals surface area contributed by atoms with E-state index in [0.29, 0.717) is 6.42 Å². The van der Waals surface area contributed by atoms with Crippen LogP contribution in [0.5, 0.6) is 5.75 Å². The number of pyridine rings is 1.